The Morgan fingerprint density at radius 1 is 0.586 bits per heavy atom. The van der Waals surface area contributed by atoms with E-state index in [0.29, 0.717) is 67.9 Å². The first-order valence-electron chi connectivity index (χ1n) is 32.4. The van der Waals surface area contributed by atoms with Crippen molar-refractivity contribution >= 4 is 77.7 Å². The van der Waals surface area contributed by atoms with Crippen molar-refractivity contribution in [2.24, 2.45) is 14.1 Å². The van der Waals surface area contributed by atoms with Crippen LogP contribution in [0.1, 0.15) is 119 Å². The molecule has 2 radical (unpaired) electrons. The number of fused-ring (bicyclic) bond motifs is 2. The monoisotopic (exact) mass is 1340 g/mol. The van der Waals surface area contributed by atoms with Gasteiger partial charge in [0.05, 0.1) is 64.9 Å². The van der Waals surface area contributed by atoms with E-state index in [1.807, 2.05) is 75.4 Å². The maximum absolute atomic E-state index is 15.5. The van der Waals surface area contributed by atoms with Crippen molar-refractivity contribution in [1.29, 1.82) is 0 Å². The van der Waals surface area contributed by atoms with Crippen molar-refractivity contribution in [2.45, 2.75) is 110 Å². The number of carbonyl (C=O) groups is 3. The molecule has 99 heavy (non-hydrogen) atoms. The number of piperidine rings is 2. The molecular weight excluding hydrogens is 1260 g/mol. The van der Waals surface area contributed by atoms with Crippen LogP contribution in [0.15, 0.2) is 141 Å². The van der Waals surface area contributed by atoms with Gasteiger partial charge in [-0.2, -0.15) is 29.8 Å². The first-order chi connectivity index (χ1) is 47.3. The molecule has 3 N–H and O–H groups in total. The van der Waals surface area contributed by atoms with Gasteiger partial charge < -0.3 is 39.7 Å². The fourth-order valence-corrected chi connectivity index (χ4v) is 12.5. The first kappa shape index (κ1) is 69.8. The SMILES string of the molecule is CC(=O)OCc1c(-c2cc(Nc3ccc(C4CCN([B]C=O)CC4)cn3)c(=O)n(C)n2)cccc1-n1ncc2cc(C(C)(C)C)cc(F)c2c1=O.Cn1nc(-c2cccc(-n3ncc4cc(C(C)(C)C)cc(F)c4c3=O)c2CO)cc(Nc2ccc(C3CCN([B]C=O)CC3)cn2)c1=O. The van der Waals surface area contributed by atoms with Gasteiger partial charge in [-0.3, -0.25) is 24.0 Å². The molecule has 0 bridgehead atoms. The zero-order valence-corrected chi connectivity index (χ0v) is 56.4. The Morgan fingerprint density at radius 3 is 1.37 bits per heavy atom. The molecule has 2 saturated heterocycles. The van der Waals surface area contributed by atoms with Gasteiger partial charge in [-0.1, -0.05) is 77.9 Å². The number of nitrogens with zero attached hydrogens (tertiary/aromatic N) is 12. The highest BCUT2D eigenvalue weighted by molar-refractivity contribution is 6.64. The number of halogens is 2. The summed E-state index contributed by atoms with van der Waals surface area (Å²) in [5, 5.41) is 35.0. The van der Waals surface area contributed by atoms with Gasteiger partial charge in [-0.05, 0) is 157 Å². The third-order valence-corrected chi connectivity index (χ3v) is 18.1. The lowest BCUT2D eigenvalue weighted by Gasteiger charge is -2.30. The van der Waals surface area contributed by atoms with E-state index in [4.69, 9.17) is 4.74 Å². The molecule has 8 heterocycles. The number of hydrogen-bond acceptors (Lipinski definition) is 19. The van der Waals surface area contributed by atoms with Gasteiger partial charge in [-0.25, -0.2) is 28.1 Å². The van der Waals surface area contributed by atoms with Crippen molar-refractivity contribution in [2.75, 3.05) is 36.8 Å². The number of nitrogens with one attached hydrogen (secondary N) is 2. The Hall–Kier alpha value is -10.5. The molecule has 0 unspecified atom stereocenters. The zero-order valence-electron chi connectivity index (χ0n) is 56.4. The summed E-state index contributed by atoms with van der Waals surface area (Å²) in [6.45, 7) is 15.5. The molecule has 4 aromatic carbocycles. The minimum absolute atomic E-state index is 0.0978. The topological polar surface area (TPSA) is 277 Å². The predicted octanol–water partition coefficient (Wildman–Crippen LogP) is 8.98. The number of rotatable bonds is 17. The fraction of sp³-hybridized carbons (Fsp3) is 0.319. The van der Waals surface area contributed by atoms with Crippen LogP contribution in [-0.2, 0) is 57.3 Å². The van der Waals surface area contributed by atoms with Crippen LogP contribution in [0.3, 0.4) is 0 Å². The molecule has 6 aromatic heterocycles. The molecular formula is C72H74B2F2N14O9. The van der Waals surface area contributed by atoms with Crippen molar-refractivity contribution in [3.05, 3.63) is 208 Å². The van der Waals surface area contributed by atoms with Gasteiger partial charge in [0.25, 0.3) is 37.1 Å². The van der Waals surface area contributed by atoms with Crippen LogP contribution in [0, 0.1) is 11.6 Å². The zero-order chi connectivity index (χ0) is 70.6. The van der Waals surface area contributed by atoms with E-state index in [1.165, 1.54) is 54.9 Å². The number of carbonyl (C=O) groups excluding carboxylic acids is 3. The molecule has 0 saturated carbocycles. The van der Waals surface area contributed by atoms with Gasteiger partial charge in [0.15, 0.2) is 0 Å². The number of hydrogen-bond donors (Lipinski definition) is 3. The smallest absolute Gasteiger partial charge is 0.302 e. The van der Waals surface area contributed by atoms with E-state index in [0.717, 1.165) is 95.9 Å². The minimum atomic E-state index is -0.679. The van der Waals surface area contributed by atoms with Gasteiger partial charge >= 0.3 is 5.97 Å². The number of aromatic nitrogens is 10. The molecule has 27 heteroatoms. The maximum Gasteiger partial charge on any atom is 0.302 e. The van der Waals surface area contributed by atoms with Crippen LogP contribution in [0.25, 0.3) is 55.4 Å². The Bertz CT molecular complexity index is 4980. The standard InChI is InChI=1S/C37H38BFN7O5.C35H36BFN7O4/c1-22(48)51-20-28-27(7-6-8-32(28)46-36(50)34-25(19-41-46)15-26(16-29(34)39)37(2,3)4)30-17-31(35(49)44(5)43-30)42-33-10-9-24(18-40-33)23-11-13-45(14-12-23)38-21-47;1-35(2,3)24-14-23-18-39-44(34(48)32(23)27(37)15-24)30-7-5-6-25(26(30)19-45)28-16-29(33(47)42(4)41-28)40-31-9-8-22(17-38-31)21-10-12-43(13-11-21)36-20-46/h6-10,15-19,21,23H,11-14,20H2,1-5H3,(H,40,42);5-9,14-18,20-21,45H,10-13,19H2,1-4H3,(H,38,40). The number of anilines is 4. The Labute approximate surface area is 570 Å². The van der Waals surface area contributed by atoms with Crippen molar-refractivity contribution in [3.8, 4) is 33.9 Å². The number of pyridine rings is 2. The van der Waals surface area contributed by atoms with Crippen LogP contribution in [-0.4, -0.2) is 123 Å². The summed E-state index contributed by atoms with van der Waals surface area (Å²) in [6.07, 6.45) is 11.7. The third kappa shape index (κ3) is 15.3. The number of benzene rings is 4. The summed E-state index contributed by atoms with van der Waals surface area (Å²) < 4.78 is 40.8. The highest BCUT2D eigenvalue weighted by atomic mass is 19.1. The van der Waals surface area contributed by atoms with Crippen molar-refractivity contribution in [1.82, 2.24) is 58.7 Å². The molecule has 23 nitrogen and oxygen atoms in total. The van der Waals surface area contributed by atoms with Gasteiger partial charge in [-0.15, -0.1) is 0 Å². The predicted molar refractivity (Wildman–Crippen MR) is 377 cm³/mol. The van der Waals surface area contributed by atoms with E-state index < -0.39 is 40.9 Å². The lowest BCUT2D eigenvalue weighted by molar-refractivity contribution is -0.142. The molecule has 2 aliphatic heterocycles. The molecule has 10 aromatic rings. The van der Waals surface area contributed by atoms with Crippen LogP contribution < -0.4 is 32.9 Å². The Morgan fingerprint density at radius 2 is 1.00 bits per heavy atom. The lowest BCUT2D eigenvalue weighted by atomic mass is 9.84. The second-order valence-electron chi connectivity index (χ2n) is 26.8. The maximum atomic E-state index is 15.5. The summed E-state index contributed by atoms with van der Waals surface area (Å²) in [5.41, 5.74) is 4.11. The second-order valence-corrected chi connectivity index (χ2v) is 26.8. The van der Waals surface area contributed by atoms with E-state index >= 15 is 8.78 Å². The molecule has 12 rings (SSSR count). The number of ether oxygens (including phenoxy) is 1. The summed E-state index contributed by atoms with van der Waals surface area (Å²) in [7, 11) is 6.19. The second kappa shape index (κ2) is 29.3. The molecule has 0 spiro atoms. The summed E-state index contributed by atoms with van der Waals surface area (Å²) >= 11 is 0. The Balaban J connectivity index is 0.000000200. The normalized spacial score (nSPS) is 14.1. The molecule has 0 aliphatic carbocycles. The summed E-state index contributed by atoms with van der Waals surface area (Å²) in [5.74, 6) is -0.285. The van der Waals surface area contributed by atoms with Gasteiger partial charge in [0.1, 0.15) is 41.3 Å². The average molecular weight is 1340 g/mol. The molecule has 0 amide bonds. The number of aryl methyl sites for hydroxylation is 2. The number of esters is 1. The van der Waals surface area contributed by atoms with Gasteiger partial charge in [0, 0.05) is 66.4 Å². The highest BCUT2D eigenvalue weighted by Crippen LogP contribution is 2.35. The van der Waals surface area contributed by atoms with Crippen molar-refractivity contribution in [3.63, 3.8) is 0 Å². The lowest BCUT2D eigenvalue weighted by Crippen LogP contribution is -2.36. The fourth-order valence-electron chi connectivity index (χ4n) is 12.5. The number of aliphatic hydroxyl groups excluding tert-OH is 1. The van der Waals surface area contributed by atoms with E-state index in [-0.39, 0.29) is 56.5 Å². The van der Waals surface area contributed by atoms with E-state index in [2.05, 4.69) is 41.0 Å². The molecule has 2 aliphatic rings. The van der Waals surface area contributed by atoms with E-state index in [9.17, 15) is 38.7 Å². The molecule has 2 fully saturated rings. The Kier molecular flexibility index (Phi) is 20.7. The highest BCUT2D eigenvalue weighted by Gasteiger charge is 2.27. The van der Waals surface area contributed by atoms with Crippen molar-refractivity contribution < 1.29 is 33.0 Å². The van der Waals surface area contributed by atoms with Crippen LogP contribution in [0.2, 0.25) is 0 Å². The molecule has 506 valence electrons. The third-order valence-electron chi connectivity index (χ3n) is 18.1. The summed E-state index contributed by atoms with van der Waals surface area (Å²) in [4.78, 5) is 101. The first-order valence-corrected chi connectivity index (χ1v) is 32.4. The summed E-state index contributed by atoms with van der Waals surface area (Å²) in [6, 6.07) is 27.1. The quantitative estimate of drug-likeness (QED) is 0.0435. The minimum Gasteiger partial charge on any atom is -0.461 e. The van der Waals surface area contributed by atoms with Crippen LogP contribution >= 0.6 is 0 Å². The van der Waals surface area contributed by atoms with E-state index in [1.54, 1.807) is 87.9 Å². The molecule has 0 atom stereocenters. The average Bonchev–Trinajstić information content (AvgIpc) is 0.763. The largest absolute Gasteiger partial charge is 0.461 e. The van der Waals surface area contributed by atoms with Crippen LogP contribution in [0.5, 0.6) is 0 Å². The number of aliphatic hydroxyl groups is 1. The van der Waals surface area contributed by atoms with Crippen LogP contribution in [0.4, 0.5) is 31.8 Å². The van der Waals surface area contributed by atoms with Gasteiger partial charge in [0.2, 0.25) is 0 Å².